The molecule has 1 aromatic rings. The summed E-state index contributed by atoms with van der Waals surface area (Å²) in [5.41, 5.74) is 0. The lowest BCUT2D eigenvalue weighted by Crippen LogP contribution is -2.28. The van der Waals surface area contributed by atoms with Gasteiger partial charge in [-0.1, -0.05) is 0 Å². The topological polar surface area (TPSA) is 21.3 Å². The quantitative estimate of drug-likeness (QED) is 0.872. The van der Waals surface area contributed by atoms with E-state index in [1.54, 1.807) is 11.3 Å². The van der Waals surface area contributed by atoms with Gasteiger partial charge in [-0.2, -0.15) is 0 Å². The van der Waals surface area contributed by atoms with Gasteiger partial charge in [0.1, 0.15) is 0 Å². The van der Waals surface area contributed by atoms with Gasteiger partial charge in [0.05, 0.1) is 10.4 Å². The molecule has 0 spiro atoms. The van der Waals surface area contributed by atoms with E-state index in [4.69, 9.17) is 4.74 Å². The molecule has 1 fully saturated rings. The monoisotopic (exact) mass is 367 g/mol. The van der Waals surface area contributed by atoms with Crippen molar-refractivity contribution >= 4 is 43.2 Å². The van der Waals surface area contributed by atoms with Crippen LogP contribution >= 0.6 is 43.2 Å². The minimum atomic E-state index is 0.695. The second kappa shape index (κ2) is 6.50. The van der Waals surface area contributed by atoms with Crippen molar-refractivity contribution < 1.29 is 4.74 Å². The molecule has 1 atom stereocenters. The van der Waals surface area contributed by atoms with Crippen molar-refractivity contribution in [3.05, 3.63) is 19.2 Å². The summed E-state index contributed by atoms with van der Waals surface area (Å²) in [6, 6.07) is 2.17. The summed E-state index contributed by atoms with van der Waals surface area (Å²) in [6.45, 7) is 3.88. The Morgan fingerprint density at radius 2 is 2.38 bits per heavy atom. The van der Waals surface area contributed by atoms with Gasteiger partial charge in [-0.05, 0) is 56.7 Å². The summed E-state index contributed by atoms with van der Waals surface area (Å²) in [5, 5.41) is 3.50. The SMILES string of the molecule is Brc1cc(CNCC2CCCOC2)sc1Br. The van der Waals surface area contributed by atoms with Crippen molar-refractivity contribution in [2.75, 3.05) is 19.8 Å². The normalized spacial score (nSPS) is 21.2. The molecule has 1 aromatic heterocycles. The molecule has 1 aliphatic rings. The molecule has 0 amide bonds. The van der Waals surface area contributed by atoms with Crippen LogP contribution in [0.4, 0.5) is 0 Å². The van der Waals surface area contributed by atoms with Crippen molar-refractivity contribution in [2.45, 2.75) is 19.4 Å². The number of nitrogens with one attached hydrogen (secondary N) is 1. The molecule has 1 saturated heterocycles. The molecule has 0 aliphatic carbocycles. The van der Waals surface area contributed by atoms with E-state index in [-0.39, 0.29) is 0 Å². The summed E-state index contributed by atoms with van der Waals surface area (Å²) < 4.78 is 7.78. The number of ether oxygens (including phenoxy) is 1. The molecule has 5 heteroatoms. The fraction of sp³-hybridized carbons (Fsp3) is 0.636. The van der Waals surface area contributed by atoms with Crippen molar-refractivity contribution in [1.82, 2.24) is 5.32 Å². The van der Waals surface area contributed by atoms with Crippen LogP contribution in [0.3, 0.4) is 0 Å². The second-order valence-corrected chi connectivity index (χ2v) is 7.36. The van der Waals surface area contributed by atoms with Crippen LogP contribution in [0, 0.1) is 5.92 Å². The lowest BCUT2D eigenvalue weighted by atomic mass is 10.0. The summed E-state index contributed by atoms with van der Waals surface area (Å²) in [4.78, 5) is 1.36. The van der Waals surface area contributed by atoms with Gasteiger partial charge < -0.3 is 10.1 Å². The average molecular weight is 369 g/mol. The minimum absolute atomic E-state index is 0.695. The third-order valence-corrected chi connectivity index (χ3v) is 5.94. The van der Waals surface area contributed by atoms with Crippen LogP contribution in [0.25, 0.3) is 0 Å². The Morgan fingerprint density at radius 1 is 1.50 bits per heavy atom. The van der Waals surface area contributed by atoms with Gasteiger partial charge in [-0.3, -0.25) is 0 Å². The first kappa shape index (κ1) is 13.0. The van der Waals surface area contributed by atoms with Gasteiger partial charge in [0, 0.05) is 29.0 Å². The van der Waals surface area contributed by atoms with Gasteiger partial charge in [0.2, 0.25) is 0 Å². The molecule has 1 N–H and O–H groups in total. The molecule has 2 rings (SSSR count). The van der Waals surface area contributed by atoms with E-state index in [1.807, 2.05) is 0 Å². The zero-order valence-corrected chi connectivity index (χ0v) is 13.0. The Kier molecular flexibility index (Phi) is 5.29. The van der Waals surface area contributed by atoms with E-state index in [0.29, 0.717) is 5.92 Å². The predicted octanol–water partition coefficient (Wildman–Crippen LogP) is 3.79. The standard InChI is InChI=1S/C11H15Br2NOS/c12-10-4-9(16-11(10)13)6-14-5-8-2-1-3-15-7-8/h4,8,14H,1-3,5-7H2. The number of thiophene rings is 1. The maximum atomic E-state index is 5.46. The number of hydrogen-bond acceptors (Lipinski definition) is 3. The summed E-state index contributed by atoms with van der Waals surface area (Å²) in [6.07, 6.45) is 2.51. The van der Waals surface area contributed by atoms with Crippen LogP contribution in [-0.4, -0.2) is 19.8 Å². The smallest absolute Gasteiger partial charge is 0.0843 e. The van der Waals surface area contributed by atoms with Crippen LogP contribution < -0.4 is 5.32 Å². The Bertz CT molecular complexity index is 317. The molecular formula is C11H15Br2NOS. The summed E-state index contributed by atoms with van der Waals surface area (Å²) in [5.74, 6) is 0.695. The lowest BCUT2D eigenvalue weighted by Gasteiger charge is -2.22. The molecule has 0 radical (unpaired) electrons. The fourth-order valence-electron chi connectivity index (χ4n) is 1.85. The fourth-order valence-corrected chi connectivity index (χ4v) is 3.99. The molecule has 0 saturated carbocycles. The molecule has 1 unspecified atom stereocenters. The van der Waals surface area contributed by atoms with E-state index in [1.165, 1.54) is 21.5 Å². The summed E-state index contributed by atoms with van der Waals surface area (Å²) >= 11 is 8.79. The first-order chi connectivity index (χ1) is 7.75. The summed E-state index contributed by atoms with van der Waals surface area (Å²) in [7, 11) is 0. The van der Waals surface area contributed by atoms with Gasteiger partial charge >= 0.3 is 0 Å². The van der Waals surface area contributed by atoms with E-state index in [0.717, 1.165) is 30.8 Å². The van der Waals surface area contributed by atoms with E-state index in [2.05, 4.69) is 43.2 Å². The molecule has 0 aromatic carbocycles. The van der Waals surface area contributed by atoms with Crippen molar-refractivity contribution in [3.8, 4) is 0 Å². The van der Waals surface area contributed by atoms with Crippen LogP contribution in [-0.2, 0) is 11.3 Å². The van der Waals surface area contributed by atoms with Crippen LogP contribution in [0.5, 0.6) is 0 Å². The van der Waals surface area contributed by atoms with E-state index >= 15 is 0 Å². The van der Waals surface area contributed by atoms with Gasteiger partial charge in [0.25, 0.3) is 0 Å². The maximum absolute atomic E-state index is 5.46. The highest BCUT2D eigenvalue weighted by molar-refractivity contribution is 9.13. The molecule has 16 heavy (non-hydrogen) atoms. The van der Waals surface area contributed by atoms with Crippen LogP contribution in [0.2, 0.25) is 0 Å². The number of rotatable bonds is 4. The molecule has 2 nitrogen and oxygen atoms in total. The Balaban J connectivity index is 1.71. The van der Waals surface area contributed by atoms with Gasteiger partial charge in [0.15, 0.2) is 0 Å². The maximum Gasteiger partial charge on any atom is 0.0843 e. The first-order valence-corrected chi connectivity index (χ1v) is 7.88. The highest BCUT2D eigenvalue weighted by Crippen LogP contribution is 2.32. The van der Waals surface area contributed by atoms with Crippen molar-refractivity contribution in [3.63, 3.8) is 0 Å². The van der Waals surface area contributed by atoms with E-state index < -0.39 is 0 Å². The van der Waals surface area contributed by atoms with Crippen molar-refractivity contribution in [1.29, 1.82) is 0 Å². The number of halogens is 2. The average Bonchev–Trinajstić information content (AvgIpc) is 2.60. The van der Waals surface area contributed by atoms with E-state index in [9.17, 15) is 0 Å². The number of hydrogen-bond donors (Lipinski definition) is 1. The molecule has 0 bridgehead atoms. The zero-order valence-electron chi connectivity index (χ0n) is 8.97. The third-order valence-electron chi connectivity index (χ3n) is 2.68. The van der Waals surface area contributed by atoms with Gasteiger partial charge in [-0.15, -0.1) is 11.3 Å². The largest absolute Gasteiger partial charge is 0.381 e. The lowest BCUT2D eigenvalue weighted by molar-refractivity contribution is 0.0548. The van der Waals surface area contributed by atoms with Crippen LogP contribution in [0.15, 0.2) is 14.3 Å². The van der Waals surface area contributed by atoms with Crippen LogP contribution in [0.1, 0.15) is 17.7 Å². The zero-order chi connectivity index (χ0) is 11.4. The highest BCUT2D eigenvalue weighted by atomic mass is 79.9. The molecule has 2 heterocycles. The Labute approximate surface area is 117 Å². The Morgan fingerprint density at radius 3 is 3.00 bits per heavy atom. The van der Waals surface area contributed by atoms with Crippen molar-refractivity contribution in [2.24, 2.45) is 5.92 Å². The second-order valence-electron chi connectivity index (χ2n) is 4.05. The predicted molar refractivity (Wildman–Crippen MR) is 75.0 cm³/mol. The Hall–Kier alpha value is 0.580. The minimum Gasteiger partial charge on any atom is -0.381 e. The highest BCUT2D eigenvalue weighted by Gasteiger charge is 2.13. The molecule has 90 valence electrons. The molecular weight excluding hydrogens is 354 g/mol. The molecule has 1 aliphatic heterocycles. The van der Waals surface area contributed by atoms with Gasteiger partial charge in [-0.25, -0.2) is 0 Å². The first-order valence-electron chi connectivity index (χ1n) is 5.48. The third kappa shape index (κ3) is 3.81.